The van der Waals surface area contributed by atoms with Crippen LogP contribution in [0, 0.1) is 0 Å². The minimum atomic E-state index is 0.574. The molecule has 0 radical (unpaired) electrons. The molecule has 0 unspecified atom stereocenters. The van der Waals surface area contributed by atoms with Crippen molar-refractivity contribution in [1.29, 1.82) is 0 Å². The second-order valence-corrected chi connectivity index (χ2v) is 6.91. The van der Waals surface area contributed by atoms with Crippen molar-refractivity contribution < 1.29 is 0 Å². The lowest BCUT2D eigenvalue weighted by atomic mass is 9.96. The van der Waals surface area contributed by atoms with Crippen LogP contribution >= 0.6 is 11.8 Å². The van der Waals surface area contributed by atoms with Gasteiger partial charge >= 0.3 is 0 Å². The lowest BCUT2D eigenvalue weighted by molar-refractivity contribution is 0.409. The number of hydrogen-bond acceptors (Lipinski definition) is 4. The van der Waals surface area contributed by atoms with Crippen molar-refractivity contribution in [3.8, 4) is 0 Å². The van der Waals surface area contributed by atoms with Crippen LogP contribution in [0.4, 0.5) is 0 Å². The van der Waals surface area contributed by atoms with Crippen molar-refractivity contribution >= 4 is 17.7 Å². The van der Waals surface area contributed by atoms with Gasteiger partial charge in [0.05, 0.1) is 6.54 Å². The zero-order chi connectivity index (χ0) is 16.3. The number of nitrogens with one attached hydrogen (secondary N) is 2. The average molecular weight is 339 g/mol. The van der Waals surface area contributed by atoms with Gasteiger partial charge < -0.3 is 15.2 Å². The second-order valence-electron chi connectivity index (χ2n) is 5.92. The second kappa shape index (κ2) is 10.5. The van der Waals surface area contributed by atoms with Crippen LogP contribution in [0.15, 0.2) is 11.3 Å². The van der Waals surface area contributed by atoms with Gasteiger partial charge in [-0.2, -0.15) is 11.8 Å². The molecule has 0 atom stereocenters. The number of aromatic nitrogens is 3. The molecule has 1 aliphatic rings. The Hall–Kier alpha value is -1.24. The molecule has 1 saturated carbocycles. The molecule has 0 aliphatic heterocycles. The Balaban J connectivity index is 1.82. The summed E-state index contributed by atoms with van der Waals surface area (Å²) in [6.45, 7) is 4.66. The van der Waals surface area contributed by atoms with Crippen LogP contribution in [-0.4, -0.2) is 51.9 Å². The molecule has 0 aromatic carbocycles. The summed E-state index contributed by atoms with van der Waals surface area (Å²) in [7, 11) is 0. The third-order valence-corrected chi connectivity index (χ3v) is 4.76. The summed E-state index contributed by atoms with van der Waals surface area (Å²) in [6, 6.07) is 0.574. The van der Waals surface area contributed by atoms with E-state index in [4.69, 9.17) is 4.99 Å². The number of aryl methyl sites for hydroxylation is 1. The minimum Gasteiger partial charge on any atom is -0.355 e. The first-order valence-electron chi connectivity index (χ1n) is 8.74. The lowest BCUT2D eigenvalue weighted by Crippen LogP contribution is -2.45. The number of thioether (sulfide) groups is 1. The third kappa shape index (κ3) is 6.41. The van der Waals surface area contributed by atoms with Crippen molar-refractivity contribution in [2.24, 2.45) is 4.99 Å². The summed E-state index contributed by atoms with van der Waals surface area (Å²) in [5.74, 6) is 3.05. The smallest absolute Gasteiger partial charge is 0.191 e. The summed E-state index contributed by atoms with van der Waals surface area (Å²) < 4.78 is 2.10. The van der Waals surface area contributed by atoms with E-state index < -0.39 is 0 Å². The fourth-order valence-electron chi connectivity index (χ4n) is 2.88. The van der Waals surface area contributed by atoms with E-state index in [-0.39, 0.29) is 0 Å². The van der Waals surface area contributed by atoms with E-state index in [2.05, 4.69) is 38.6 Å². The summed E-state index contributed by atoms with van der Waals surface area (Å²) in [5.41, 5.74) is 0. The molecule has 0 bridgehead atoms. The van der Waals surface area contributed by atoms with Crippen molar-refractivity contribution in [3.63, 3.8) is 0 Å². The topological polar surface area (TPSA) is 67.1 Å². The van der Waals surface area contributed by atoms with Crippen molar-refractivity contribution in [2.45, 2.75) is 58.0 Å². The molecule has 1 heterocycles. The lowest BCUT2D eigenvalue weighted by Gasteiger charge is -2.25. The van der Waals surface area contributed by atoms with E-state index >= 15 is 0 Å². The van der Waals surface area contributed by atoms with Gasteiger partial charge in [0.25, 0.3) is 0 Å². The minimum absolute atomic E-state index is 0.574. The largest absolute Gasteiger partial charge is 0.355 e. The molecule has 0 amide bonds. The van der Waals surface area contributed by atoms with Crippen LogP contribution in [-0.2, 0) is 13.0 Å². The Kier molecular flexibility index (Phi) is 8.28. The summed E-state index contributed by atoms with van der Waals surface area (Å²) in [4.78, 5) is 4.70. The van der Waals surface area contributed by atoms with Crippen LogP contribution in [0.2, 0.25) is 0 Å². The van der Waals surface area contributed by atoms with Gasteiger partial charge in [-0.1, -0.05) is 26.2 Å². The van der Waals surface area contributed by atoms with Gasteiger partial charge in [0, 0.05) is 31.3 Å². The van der Waals surface area contributed by atoms with Crippen LogP contribution in [0.3, 0.4) is 0 Å². The Labute approximate surface area is 143 Å². The summed E-state index contributed by atoms with van der Waals surface area (Å²) in [5, 5.41) is 15.2. The van der Waals surface area contributed by atoms with E-state index in [9.17, 15) is 0 Å². The van der Waals surface area contributed by atoms with Crippen molar-refractivity contribution in [3.05, 3.63) is 12.2 Å². The molecule has 1 aliphatic carbocycles. The van der Waals surface area contributed by atoms with Gasteiger partial charge in [-0.3, -0.25) is 4.99 Å². The maximum absolute atomic E-state index is 4.70. The highest BCUT2D eigenvalue weighted by atomic mass is 32.2. The molecule has 0 saturated heterocycles. The van der Waals surface area contributed by atoms with Gasteiger partial charge in [-0.15, -0.1) is 10.2 Å². The van der Waals surface area contributed by atoms with Crippen LogP contribution in [0.25, 0.3) is 0 Å². The Morgan fingerprint density at radius 1 is 1.39 bits per heavy atom. The van der Waals surface area contributed by atoms with Gasteiger partial charge in [0.2, 0.25) is 0 Å². The van der Waals surface area contributed by atoms with Crippen molar-refractivity contribution in [2.75, 3.05) is 25.1 Å². The predicted molar refractivity (Wildman–Crippen MR) is 98.1 cm³/mol. The first-order chi connectivity index (χ1) is 11.3. The summed E-state index contributed by atoms with van der Waals surface area (Å²) >= 11 is 1.83. The predicted octanol–water partition coefficient (Wildman–Crippen LogP) is 2.07. The molecule has 2 rings (SSSR count). The van der Waals surface area contributed by atoms with Gasteiger partial charge in [0.15, 0.2) is 5.96 Å². The zero-order valence-electron chi connectivity index (χ0n) is 14.4. The maximum atomic E-state index is 4.70. The highest BCUT2D eigenvalue weighted by Gasteiger charge is 2.14. The van der Waals surface area contributed by atoms with Crippen molar-refractivity contribution in [1.82, 2.24) is 25.4 Å². The van der Waals surface area contributed by atoms with E-state index in [1.807, 2.05) is 11.8 Å². The summed E-state index contributed by atoms with van der Waals surface area (Å²) in [6.07, 6.45) is 11.4. The molecule has 1 aromatic rings. The Bertz CT molecular complexity index is 467. The Morgan fingerprint density at radius 3 is 2.96 bits per heavy atom. The van der Waals surface area contributed by atoms with Crippen LogP contribution in [0.5, 0.6) is 0 Å². The first-order valence-corrected chi connectivity index (χ1v) is 10.1. The zero-order valence-corrected chi connectivity index (χ0v) is 15.2. The molecular weight excluding hydrogens is 308 g/mol. The highest BCUT2D eigenvalue weighted by molar-refractivity contribution is 7.98. The monoisotopic (exact) mass is 338 g/mol. The molecule has 0 spiro atoms. The normalized spacial score (nSPS) is 16.5. The molecule has 130 valence electrons. The van der Waals surface area contributed by atoms with Gasteiger partial charge in [-0.05, 0) is 19.1 Å². The fraction of sp³-hybridized carbons (Fsp3) is 0.812. The number of guanidine groups is 1. The number of rotatable bonds is 8. The number of hydrogen-bond donors (Lipinski definition) is 2. The molecule has 2 N–H and O–H groups in total. The van der Waals surface area contributed by atoms with Gasteiger partial charge in [-0.25, -0.2) is 0 Å². The number of aliphatic imine (C=N–C) groups is 1. The quantitative estimate of drug-likeness (QED) is 0.431. The van der Waals surface area contributed by atoms with E-state index in [1.54, 1.807) is 6.33 Å². The molecular formula is C16H30N6S. The fourth-order valence-corrected chi connectivity index (χ4v) is 3.15. The molecule has 1 fully saturated rings. The molecule has 6 nitrogen and oxygen atoms in total. The van der Waals surface area contributed by atoms with E-state index in [1.165, 1.54) is 32.1 Å². The molecule has 1 aromatic heterocycles. The van der Waals surface area contributed by atoms with E-state index in [0.717, 1.165) is 43.6 Å². The SMILES string of the molecule is CCc1nncn1CCNC(=NCCSC)NC1CCCCC1. The highest BCUT2D eigenvalue weighted by Crippen LogP contribution is 2.17. The third-order valence-electron chi connectivity index (χ3n) is 4.17. The van der Waals surface area contributed by atoms with Gasteiger partial charge in [0.1, 0.15) is 12.2 Å². The molecule has 23 heavy (non-hydrogen) atoms. The Morgan fingerprint density at radius 2 is 2.22 bits per heavy atom. The first kappa shape index (κ1) is 18.1. The number of nitrogens with zero attached hydrogens (tertiary/aromatic N) is 4. The standard InChI is InChI=1S/C16H30N6S/c1-3-15-21-19-13-22(15)11-9-17-16(18-10-12-23-2)20-14-7-5-4-6-8-14/h13-14H,3-12H2,1-2H3,(H2,17,18,20). The maximum Gasteiger partial charge on any atom is 0.191 e. The average Bonchev–Trinajstić information content (AvgIpc) is 3.03. The molecule has 7 heteroatoms. The van der Waals surface area contributed by atoms with Crippen LogP contribution in [0.1, 0.15) is 44.9 Å². The van der Waals surface area contributed by atoms with Crippen LogP contribution < -0.4 is 10.6 Å². The van der Waals surface area contributed by atoms with E-state index in [0.29, 0.717) is 6.04 Å².